The average molecular weight is 307 g/mol. The van der Waals surface area contributed by atoms with E-state index in [1.807, 2.05) is 0 Å². The first-order valence-corrected chi connectivity index (χ1v) is 4.96. The van der Waals surface area contributed by atoms with Crippen LogP contribution in [0.25, 0.3) is 0 Å². The summed E-state index contributed by atoms with van der Waals surface area (Å²) in [6.07, 6.45) is 0. The van der Waals surface area contributed by atoms with Gasteiger partial charge in [0.25, 0.3) is 0 Å². The number of hydrogen-bond acceptors (Lipinski definition) is 4. The molecular weight excluding hydrogens is 297 g/mol. The lowest BCUT2D eigenvalue weighted by atomic mass is 10.1. The Morgan fingerprint density at radius 1 is 1.64 bits per heavy atom. The molecule has 0 spiro atoms. The van der Waals surface area contributed by atoms with Crippen molar-refractivity contribution in [2.45, 2.75) is 6.04 Å². The van der Waals surface area contributed by atoms with Crippen LogP contribution in [-0.2, 0) is 9.53 Å². The molecule has 3 N–H and O–H groups in total. The van der Waals surface area contributed by atoms with Crippen LogP contribution < -0.4 is 5.73 Å². The maximum atomic E-state index is 11.1. The molecule has 4 nitrogen and oxygen atoms in total. The van der Waals surface area contributed by atoms with Gasteiger partial charge in [0.1, 0.15) is 11.8 Å². The van der Waals surface area contributed by atoms with Gasteiger partial charge in [0.15, 0.2) is 0 Å². The van der Waals surface area contributed by atoms with E-state index in [9.17, 15) is 9.90 Å². The van der Waals surface area contributed by atoms with E-state index >= 15 is 0 Å². The van der Waals surface area contributed by atoms with Crippen LogP contribution in [-0.4, -0.2) is 18.2 Å². The van der Waals surface area contributed by atoms with E-state index < -0.39 is 12.0 Å². The van der Waals surface area contributed by atoms with E-state index in [1.165, 1.54) is 7.11 Å². The van der Waals surface area contributed by atoms with E-state index in [-0.39, 0.29) is 5.75 Å². The van der Waals surface area contributed by atoms with Gasteiger partial charge in [-0.3, -0.25) is 4.79 Å². The van der Waals surface area contributed by atoms with E-state index in [1.54, 1.807) is 18.2 Å². The number of esters is 1. The van der Waals surface area contributed by atoms with Crippen LogP contribution in [0.1, 0.15) is 11.6 Å². The summed E-state index contributed by atoms with van der Waals surface area (Å²) < 4.78 is 5.35. The minimum atomic E-state index is -0.933. The first kappa shape index (κ1) is 11.3. The minimum absolute atomic E-state index is 0.00907. The third-order valence-corrected chi connectivity index (χ3v) is 2.45. The molecule has 0 heterocycles. The zero-order chi connectivity index (χ0) is 10.7. The molecule has 0 saturated carbocycles. The fraction of sp³-hybridized carbons (Fsp3) is 0.222. The Labute approximate surface area is 95.2 Å². The normalized spacial score (nSPS) is 12.2. The largest absolute Gasteiger partial charge is 0.508 e. The van der Waals surface area contributed by atoms with Gasteiger partial charge in [-0.1, -0.05) is 6.07 Å². The number of hydrogen-bond donors (Lipinski definition) is 2. The lowest BCUT2D eigenvalue weighted by Crippen LogP contribution is -2.22. The van der Waals surface area contributed by atoms with Crippen molar-refractivity contribution in [3.05, 3.63) is 27.3 Å². The highest BCUT2D eigenvalue weighted by Gasteiger charge is 2.19. The molecule has 14 heavy (non-hydrogen) atoms. The second kappa shape index (κ2) is 4.61. The molecule has 0 aliphatic rings. The predicted molar refractivity (Wildman–Crippen MR) is 59.8 cm³/mol. The Morgan fingerprint density at radius 3 is 2.79 bits per heavy atom. The molecular formula is C9H10INO3. The molecule has 0 radical (unpaired) electrons. The van der Waals surface area contributed by atoms with E-state index in [0.717, 1.165) is 3.57 Å². The van der Waals surface area contributed by atoms with Gasteiger partial charge in [0, 0.05) is 9.13 Å². The second-order valence-electron chi connectivity index (χ2n) is 2.70. The molecule has 0 saturated heterocycles. The Balaban J connectivity index is 3.01. The maximum absolute atomic E-state index is 11.1. The maximum Gasteiger partial charge on any atom is 0.327 e. The van der Waals surface area contributed by atoms with Gasteiger partial charge in [-0.15, -0.1) is 0 Å². The van der Waals surface area contributed by atoms with Crippen LogP contribution in [0.4, 0.5) is 0 Å². The average Bonchev–Trinajstić information content (AvgIpc) is 2.15. The highest BCUT2D eigenvalue weighted by atomic mass is 127. The van der Waals surface area contributed by atoms with Gasteiger partial charge >= 0.3 is 5.97 Å². The fourth-order valence-electron chi connectivity index (χ4n) is 1.03. The molecule has 1 rings (SSSR count). The number of aromatic hydroxyl groups is 1. The van der Waals surface area contributed by atoms with Gasteiger partial charge in [-0.25, -0.2) is 0 Å². The zero-order valence-corrected chi connectivity index (χ0v) is 9.69. The molecule has 76 valence electrons. The fourth-order valence-corrected chi connectivity index (χ4v) is 1.51. The summed E-state index contributed by atoms with van der Waals surface area (Å²) in [5.74, 6) is -0.559. The SMILES string of the molecule is COC(=O)[C@@H](N)c1ccc(I)cc1O. The molecule has 0 unspecified atom stereocenters. The molecule has 1 atom stereocenters. The highest BCUT2D eigenvalue weighted by molar-refractivity contribution is 14.1. The zero-order valence-electron chi connectivity index (χ0n) is 7.53. The molecule has 1 aromatic rings. The number of ether oxygens (including phenoxy) is 1. The smallest absolute Gasteiger partial charge is 0.327 e. The van der Waals surface area contributed by atoms with E-state index in [0.29, 0.717) is 5.56 Å². The number of methoxy groups -OCH3 is 1. The number of rotatable bonds is 2. The van der Waals surface area contributed by atoms with Gasteiger partial charge in [0.2, 0.25) is 0 Å². The van der Waals surface area contributed by atoms with Crippen molar-refractivity contribution in [2.75, 3.05) is 7.11 Å². The van der Waals surface area contributed by atoms with Crippen molar-refractivity contribution in [1.29, 1.82) is 0 Å². The van der Waals surface area contributed by atoms with Gasteiger partial charge in [-0.05, 0) is 34.7 Å². The van der Waals surface area contributed by atoms with Crippen molar-refractivity contribution in [1.82, 2.24) is 0 Å². The number of phenolic OH excluding ortho intramolecular Hbond substituents is 1. The molecule has 1 aromatic carbocycles. The first-order chi connectivity index (χ1) is 6.56. The standard InChI is InChI=1S/C9H10INO3/c1-14-9(13)8(11)6-3-2-5(10)4-7(6)12/h2-4,8,12H,11H2,1H3/t8-/m0/s1. The first-order valence-electron chi connectivity index (χ1n) is 3.88. The summed E-state index contributed by atoms with van der Waals surface area (Å²) in [4.78, 5) is 11.1. The highest BCUT2D eigenvalue weighted by Crippen LogP contribution is 2.25. The number of nitrogens with two attached hydrogens (primary N) is 1. The van der Waals surface area contributed by atoms with Crippen molar-refractivity contribution < 1.29 is 14.6 Å². The Hall–Kier alpha value is -0.820. The summed E-state index contributed by atoms with van der Waals surface area (Å²) in [7, 11) is 1.26. The molecule has 0 aliphatic heterocycles. The van der Waals surface area contributed by atoms with Crippen LogP contribution in [0.15, 0.2) is 18.2 Å². The monoisotopic (exact) mass is 307 g/mol. The van der Waals surface area contributed by atoms with Crippen LogP contribution in [0.2, 0.25) is 0 Å². The topological polar surface area (TPSA) is 72.5 Å². The van der Waals surface area contributed by atoms with E-state index in [4.69, 9.17) is 5.73 Å². The van der Waals surface area contributed by atoms with Crippen LogP contribution >= 0.6 is 22.6 Å². The van der Waals surface area contributed by atoms with Gasteiger partial charge in [-0.2, -0.15) is 0 Å². The Bertz CT molecular complexity index is 354. The lowest BCUT2D eigenvalue weighted by Gasteiger charge is -2.11. The third kappa shape index (κ3) is 2.36. The van der Waals surface area contributed by atoms with Crippen molar-refractivity contribution in [3.8, 4) is 5.75 Å². The molecule has 0 amide bonds. The van der Waals surface area contributed by atoms with Crippen LogP contribution in [0, 0.1) is 3.57 Å². The summed E-state index contributed by atoms with van der Waals surface area (Å²) >= 11 is 2.06. The number of carbonyl (C=O) groups excluding carboxylic acids is 1. The van der Waals surface area contributed by atoms with E-state index in [2.05, 4.69) is 27.3 Å². The van der Waals surface area contributed by atoms with Crippen molar-refractivity contribution >= 4 is 28.6 Å². The summed E-state index contributed by atoms with van der Waals surface area (Å²) in [6.45, 7) is 0. The summed E-state index contributed by atoms with van der Waals surface area (Å²) in [5, 5.41) is 9.51. The molecule has 0 aliphatic carbocycles. The predicted octanol–water partition coefficient (Wildman–Crippen LogP) is 1.17. The summed E-state index contributed by atoms with van der Waals surface area (Å²) in [6, 6.07) is 3.98. The number of benzene rings is 1. The minimum Gasteiger partial charge on any atom is -0.508 e. The Morgan fingerprint density at radius 2 is 2.29 bits per heavy atom. The number of phenols is 1. The van der Waals surface area contributed by atoms with Crippen LogP contribution in [0.3, 0.4) is 0 Å². The second-order valence-corrected chi connectivity index (χ2v) is 3.95. The van der Waals surface area contributed by atoms with Crippen molar-refractivity contribution in [2.24, 2.45) is 5.73 Å². The van der Waals surface area contributed by atoms with Crippen LogP contribution in [0.5, 0.6) is 5.75 Å². The molecule has 0 aromatic heterocycles. The number of carbonyl (C=O) groups is 1. The quantitative estimate of drug-likeness (QED) is 0.635. The molecule has 5 heteroatoms. The van der Waals surface area contributed by atoms with Gasteiger partial charge < -0.3 is 15.6 Å². The number of halogens is 1. The van der Waals surface area contributed by atoms with Crippen molar-refractivity contribution in [3.63, 3.8) is 0 Å². The Kier molecular flexibility index (Phi) is 3.70. The third-order valence-electron chi connectivity index (χ3n) is 1.78. The summed E-state index contributed by atoms with van der Waals surface area (Å²) in [5.41, 5.74) is 5.94. The lowest BCUT2D eigenvalue weighted by molar-refractivity contribution is -0.142. The molecule has 0 fully saturated rings. The van der Waals surface area contributed by atoms with Gasteiger partial charge in [0.05, 0.1) is 7.11 Å². The molecule has 0 bridgehead atoms.